The summed E-state index contributed by atoms with van der Waals surface area (Å²) in [6, 6.07) is 19.9. The fraction of sp³-hybridized carbons (Fsp3) is 0.0526. The van der Waals surface area contributed by atoms with Crippen molar-refractivity contribution in [3.05, 3.63) is 77.8 Å². The van der Waals surface area contributed by atoms with Crippen LogP contribution in [0.2, 0.25) is 5.02 Å². The highest BCUT2D eigenvalue weighted by Crippen LogP contribution is 2.31. The van der Waals surface area contributed by atoms with Gasteiger partial charge in [-0.25, -0.2) is 8.42 Å². The van der Waals surface area contributed by atoms with Gasteiger partial charge in [-0.15, -0.1) is 0 Å². The second-order valence-electron chi connectivity index (χ2n) is 5.31. The Morgan fingerprint density at radius 3 is 2.12 bits per heavy atom. The normalized spacial score (nSPS) is 11.0. The molecule has 3 rings (SSSR count). The molecule has 26 heavy (non-hydrogen) atoms. The second kappa shape index (κ2) is 7.68. The van der Waals surface area contributed by atoms with E-state index in [2.05, 4.69) is 4.72 Å². The number of halogens is 1. The summed E-state index contributed by atoms with van der Waals surface area (Å²) in [5.41, 5.74) is 0.323. The Hall–Kier alpha value is -2.70. The molecule has 0 saturated carbocycles. The Balaban J connectivity index is 1.79. The van der Waals surface area contributed by atoms with E-state index in [1.54, 1.807) is 55.6 Å². The molecule has 0 heterocycles. The summed E-state index contributed by atoms with van der Waals surface area (Å²) in [7, 11) is -2.20. The first-order chi connectivity index (χ1) is 12.5. The van der Waals surface area contributed by atoms with Crippen molar-refractivity contribution in [2.24, 2.45) is 0 Å². The average Bonchev–Trinajstić information content (AvgIpc) is 2.64. The minimum absolute atomic E-state index is 0.102. The van der Waals surface area contributed by atoms with Crippen LogP contribution in [-0.2, 0) is 10.0 Å². The Bertz CT molecular complexity index is 1000. The number of hydrogen-bond donors (Lipinski definition) is 1. The molecule has 0 radical (unpaired) electrons. The summed E-state index contributed by atoms with van der Waals surface area (Å²) in [6.45, 7) is 0. The van der Waals surface area contributed by atoms with Crippen molar-refractivity contribution in [2.75, 3.05) is 11.8 Å². The topological polar surface area (TPSA) is 64.6 Å². The van der Waals surface area contributed by atoms with Gasteiger partial charge in [-0.2, -0.15) is 0 Å². The molecule has 134 valence electrons. The van der Waals surface area contributed by atoms with Crippen LogP contribution in [0.25, 0.3) is 0 Å². The fourth-order valence-corrected chi connectivity index (χ4v) is 3.58. The molecule has 0 unspecified atom stereocenters. The number of sulfonamides is 1. The van der Waals surface area contributed by atoms with Gasteiger partial charge in [-0.1, -0.05) is 35.9 Å². The summed E-state index contributed by atoms with van der Waals surface area (Å²) in [5.74, 6) is 1.62. The van der Waals surface area contributed by atoms with E-state index in [1.807, 2.05) is 12.1 Å². The highest BCUT2D eigenvalue weighted by Gasteiger charge is 2.16. The van der Waals surface area contributed by atoms with Gasteiger partial charge in [-0.05, 0) is 48.5 Å². The standard InChI is InChI=1S/C19H16ClNO4S/c1-24-18-8-4-5-9-19(18)25-14-10-12-15(13-11-14)26(22,23)21-17-7-3-2-6-16(17)20/h2-13,21H,1H3. The lowest BCUT2D eigenvalue weighted by atomic mass is 10.3. The van der Waals surface area contributed by atoms with Crippen molar-refractivity contribution < 1.29 is 17.9 Å². The maximum atomic E-state index is 12.5. The smallest absolute Gasteiger partial charge is 0.261 e. The summed E-state index contributed by atoms with van der Waals surface area (Å²) >= 11 is 6.00. The quantitative estimate of drug-likeness (QED) is 0.648. The molecule has 0 spiro atoms. The Morgan fingerprint density at radius 1 is 0.846 bits per heavy atom. The molecule has 5 nitrogen and oxygen atoms in total. The van der Waals surface area contributed by atoms with Gasteiger partial charge in [0.1, 0.15) is 5.75 Å². The first-order valence-electron chi connectivity index (χ1n) is 7.68. The molecule has 1 N–H and O–H groups in total. The predicted molar refractivity (Wildman–Crippen MR) is 102 cm³/mol. The maximum Gasteiger partial charge on any atom is 0.261 e. The van der Waals surface area contributed by atoms with Crippen LogP contribution in [0.15, 0.2) is 77.7 Å². The maximum absolute atomic E-state index is 12.5. The molecular formula is C19H16ClNO4S. The molecule has 0 aliphatic carbocycles. The lowest BCUT2D eigenvalue weighted by molar-refractivity contribution is 0.379. The van der Waals surface area contributed by atoms with Gasteiger partial charge in [0.15, 0.2) is 11.5 Å². The summed E-state index contributed by atoms with van der Waals surface area (Å²) < 4.78 is 38.4. The summed E-state index contributed by atoms with van der Waals surface area (Å²) in [5, 5.41) is 0.326. The van der Waals surface area contributed by atoms with E-state index in [0.29, 0.717) is 28.0 Å². The largest absolute Gasteiger partial charge is 0.493 e. The third-order valence-electron chi connectivity index (χ3n) is 3.55. The third kappa shape index (κ3) is 4.09. The van der Waals surface area contributed by atoms with Crippen molar-refractivity contribution in [1.29, 1.82) is 0 Å². The highest BCUT2D eigenvalue weighted by molar-refractivity contribution is 7.92. The van der Waals surface area contributed by atoms with E-state index in [1.165, 1.54) is 12.1 Å². The molecule has 0 aromatic heterocycles. The van der Waals surface area contributed by atoms with Crippen molar-refractivity contribution in [1.82, 2.24) is 0 Å². The molecule has 0 bridgehead atoms. The van der Waals surface area contributed by atoms with E-state index >= 15 is 0 Å². The minimum Gasteiger partial charge on any atom is -0.493 e. The summed E-state index contributed by atoms with van der Waals surface area (Å²) in [4.78, 5) is 0.102. The molecule has 7 heteroatoms. The predicted octanol–water partition coefficient (Wildman–Crippen LogP) is 4.94. The van der Waals surface area contributed by atoms with Crippen LogP contribution in [-0.4, -0.2) is 15.5 Å². The molecular weight excluding hydrogens is 374 g/mol. The average molecular weight is 390 g/mol. The molecule has 3 aromatic carbocycles. The van der Waals surface area contributed by atoms with E-state index in [9.17, 15) is 8.42 Å². The zero-order valence-corrected chi connectivity index (χ0v) is 15.4. The van der Waals surface area contributed by atoms with Gasteiger partial charge in [0.2, 0.25) is 0 Å². The number of nitrogens with one attached hydrogen (secondary N) is 1. The van der Waals surface area contributed by atoms with Gasteiger partial charge in [0, 0.05) is 0 Å². The number of ether oxygens (including phenoxy) is 2. The van der Waals surface area contributed by atoms with Crippen LogP contribution in [0.3, 0.4) is 0 Å². The van der Waals surface area contributed by atoms with E-state index in [-0.39, 0.29) is 4.90 Å². The number of anilines is 1. The SMILES string of the molecule is COc1ccccc1Oc1ccc(S(=O)(=O)Nc2ccccc2Cl)cc1. The van der Waals surface area contributed by atoms with Crippen LogP contribution in [0.5, 0.6) is 17.2 Å². The van der Waals surface area contributed by atoms with Crippen molar-refractivity contribution in [3.8, 4) is 17.2 Å². The Kier molecular flexibility index (Phi) is 5.35. The van der Waals surface area contributed by atoms with Gasteiger partial charge in [0.05, 0.1) is 22.7 Å². The number of rotatable bonds is 6. The van der Waals surface area contributed by atoms with Crippen LogP contribution < -0.4 is 14.2 Å². The number of benzene rings is 3. The van der Waals surface area contributed by atoms with Crippen LogP contribution in [0.1, 0.15) is 0 Å². The van der Waals surface area contributed by atoms with Crippen molar-refractivity contribution in [3.63, 3.8) is 0 Å². The molecule has 0 aliphatic heterocycles. The zero-order valence-electron chi connectivity index (χ0n) is 13.8. The van der Waals surface area contributed by atoms with Crippen LogP contribution >= 0.6 is 11.6 Å². The van der Waals surface area contributed by atoms with Crippen molar-refractivity contribution in [2.45, 2.75) is 4.90 Å². The van der Waals surface area contributed by atoms with Crippen molar-refractivity contribution >= 4 is 27.3 Å². The van der Waals surface area contributed by atoms with Gasteiger partial charge >= 0.3 is 0 Å². The lowest BCUT2D eigenvalue weighted by Gasteiger charge is -2.12. The Labute approximate surface area is 157 Å². The van der Waals surface area contributed by atoms with Crippen LogP contribution in [0.4, 0.5) is 5.69 Å². The minimum atomic E-state index is -3.75. The first-order valence-corrected chi connectivity index (χ1v) is 9.54. The lowest BCUT2D eigenvalue weighted by Crippen LogP contribution is -2.13. The number of methoxy groups -OCH3 is 1. The van der Waals surface area contributed by atoms with Crippen LogP contribution in [0, 0.1) is 0 Å². The summed E-state index contributed by atoms with van der Waals surface area (Å²) in [6.07, 6.45) is 0. The van der Waals surface area contributed by atoms with E-state index in [0.717, 1.165) is 0 Å². The molecule has 0 fully saturated rings. The zero-order chi connectivity index (χ0) is 18.6. The van der Waals surface area contributed by atoms with E-state index < -0.39 is 10.0 Å². The fourth-order valence-electron chi connectivity index (χ4n) is 2.26. The number of para-hydroxylation sites is 3. The number of hydrogen-bond acceptors (Lipinski definition) is 4. The molecule has 0 atom stereocenters. The molecule has 0 saturated heterocycles. The van der Waals surface area contributed by atoms with E-state index in [4.69, 9.17) is 21.1 Å². The second-order valence-corrected chi connectivity index (χ2v) is 7.40. The third-order valence-corrected chi connectivity index (χ3v) is 5.26. The molecule has 0 aliphatic rings. The monoisotopic (exact) mass is 389 g/mol. The molecule has 3 aromatic rings. The van der Waals surface area contributed by atoms with Gasteiger partial charge in [-0.3, -0.25) is 4.72 Å². The van der Waals surface area contributed by atoms with Gasteiger partial charge in [0.25, 0.3) is 10.0 Å². The first kappa shape index (κ1) is 18.1. The molecule has 0 amide bonds. The highest BCUT2D eigenvalue weighted by atomic mass is 35.5. The van der Waals surface area contributed by atoms with Gasteiger partial charge < -0.3 is 9.47 Å². The Morgan fingerprint density at radius 2 is 1.46 bits per heavy atom.